The summed E-state index contributed by atoms with van der Waals surface area (Å²) in [5, 5.41) is 0. The van der Waals surface area contributed by atoms with E-state index >= 15 is 4.39 Å². The number of ether oxygens (including phenoxy) is 3. The average molecular weight is 626 g/mol. The zero-order valence-electron chi connectivity index (χ0n) is 27.0. The van der Waals surface area contributed by atoms with Gasteiger partial charge in [-0.3, -0.25) is 9.69 Å². The molecule has 9 nitrogen and oxygen atoms in total. The van der Waals surface area contributed by atoms with Crippen molar-refractivity contribution < 1.29 is 18.6 Å². The van der Waals surface area contributed by atoms with E-state index in [4.69, 9.17) is 19.2 Å². The molecule has 0 atom stereocenters. The first-order chi connectivity index (χ1) is 22.3. The molecule has 0 radical (unpaired) electrons. The molecule has 0 spiro atoms. The smallest absolute Gasteiger partial charge is 0.267 e. The maximum atomic E-state index is 15.1. The summed E-state index contributed by atoms with van der Waals surface area (Å²) in [4.78, 5) is 24.5. The van der Waals surface area contributed by atoms with Gasteiger partial charge in [-0.2, -0.15) is 0 Å². The van der Waals surface area contributed by atoms with Crippen LogP contribution in [0.15, 0.2) is 71.5 Å². The molecule has 0 N–H and O–H groups in total. The Hall–Kier alpha value is -4.67. The Morgan fingerprint density at radius 1 is 0.957 bits per heavy atom. The zero-order chi connectivity index (χ0) is 32.4. The highest BCUT2D eigenvalue weighted by Crippen LogP contribution is 2.37. The van der Waals surface area contributed by atoms with Crippen LogP contribution in [0.4, 0.5) is 4.39 Å². The molecule has 0 fully saturated rings. The lowest BCUT2D eigenvalue weighted by Gasteiger charge is -2.23. The maximum Gasteiger partial charge on any atom is 0.267 e. The number of aromatic nitrogens is 3. The van der Waals surface area contributed by atoms with E-state index in [0.717, 1.165) is 43.2 Å². The van der Waals surface area contributed by atoms with Crippen molar-refractivity contribution in [2.24, 2.45) is 0 Å². The van der Waals surface area contributed by atoms with Gasteiger partial charge < -0.3 is 23.7 Å². The van der Waals surface area contributed by atoms with Crippen LogP contribution in [-0.2, 0) is 13.1 Å². The predicted octanol–water partition coefficient (Wildman–Crippen LogP) is 5.84. The van der Waals surface area contributed by atoms with Crippen molar-refractivity contribution in [2.75, 3.05) is 47.1 Å². The Balaban J connectivity index is 1.59. The van der Waals surface area contributed by atoms with E-state index in [2.05, 4.69) is 30.7 Å². The van der Waals surface area contributed by atoms with Gasteiger partial charge in [0, 0.05) is 36.5 Å². The second kappa shape index (κ2) is 13.4. The van der Waals surface area contributed by atoms with Crippen LogP contribution in [0.5, 0.6) is 17.2 Å². The third-order valence-corrected chi connectivity index (χ3v) is 8.80. The highest BCUT2D eigenvalue weighted by Gasteiger charge is 2.26. The Labute approximate surface area is 268 Å². The van der Waals surface area contributed by atoms with Crippen LogP contribution in [-0.4, -0.2) is 70.9 Å². The fourth-order valence-electron chi connectivity index (χ4n) is 6.07. The fraction of sp³-hybridized carbons (Fsp3) is 0.333. The summed E-state index contributed by atoms with van der Waals surface area (Å²) in [6.07, 6.45) is 0. The summed E-state index contributed by atoms with van der Waals surface area (Å²) < 4.78 is 35.4. The topological polar surface area (TPSA) is 73.5 Å². The minimum atomic E-state index is -0.318. The van der Waals surface area contributed by atoms with Crippen molar-refractivity contribution in [2.45, 2.75) is 33.9 Å². The molecule has 6 rings (SSSR count). The number of rotatable bonds is 12. The van der Waals surface area contributed by atoms with Crippen molar-refractivity contribution >= 4 is 5.78 Å². The van der Waals surface area contributed by atoms with Crippen LogP contribution in [0.3, 0.4) is 0 Å². The van der Waals surface area contributed by atoms with Crippen molar-refractivity contribution in [1.29, 1.82) is 0 Å². The molecule has 240 valence electrons. The molecular formula is C36H40FN5O4. The molecule has 2 aromatic heterocycles. The second-order valence-corrected chi connectivity index (χ2v) is 11.5. The Kier molecular flexibility index (Phi) is 9.10. The van der Waals surface area contributed by atoms with Gasteiger partial charge in [-0.15, -0.1) is 0 Å². The Morgan fingerprint density at radius 2 is 1.67 bits per heavy atom. The van der Waals surface area contributed by atoms with E-state index in [9.17, 15) is 4.79 Å². The molecule has 10 heteroatoms. The lowest BCUT2D eigenvalue weighted by molar-refractivity contribution is 0.174. The summed E-state index contributed by atoms with van der Waals surface area (Å²) in [7, 11) is 3.69. The van der Waals surface area contributed by atoms with Crippen LogP contribution in [0.25, 0.3) is 28.2 Å². The number of methoxy groups -OCH3 is 1. The molecular weight excluding hydrogens is 585 g/mol. The molecule has 3 aromatic carbocycles. The maximum absolute atomic E-state index is 15.1. The van der Waals surface area contributed by atoms with Gasteiger partial charge in [0.15, 0.2) is 11.5 Å². The lowest BCUT2D eigenvalue weighted by atomic mass is 10.0. The van der Waals surface area contributed by atoms with Gasteiger partial charge in [0.2, 0.25) is 12.6 Å². The molecule has 0 saturated heterocycles. The van der Waals surface area contributed by atoms with Gasteiger partial charge in [0.05, 0.1) is 30.6 Å². The summed E-state index contributed by atoms with van der Waals surface area (Å²) in [5.41, 5.74) is 4.47. The summed E-state index contributed by atoms with van der Waals surface area (Å²) in [5.74, 6) is 2.08. The standard InChI is InChI=1S/C36H40FN5O4/c1-6-40(7-2)19-18-39(4)22-30-34(25-12-15-28(44-5)16-13-25)38-36-41(21-27-10-8-9-11-29(27)37)24(3)33(35(43)42(30)36)26-14-17-31-32(20-26)46-23-45-31/h8-17,20H,6-7,18-19,21-23H2,1-5H3. The largest absolute Gasteiger partial charge is 0.497 e. The summed E-state index contributed by atoms with van der Waals surface area (Å²) in [6.45, 7) is 10.6. The first-order valence-electron chi connectivity index (χ1n) is 15.7. The SMILES string of the molecule is CCN(CC)CCN(C)Cc1c(-c2ccc(OC)cc2)nc2n(Cc3ccccc3F)c(C)c(-c3ccc4c(c3)OCO4)c(=O)n12. The zero-order valence-corrected chi connectivity index (χ0v) is 27.0. The molecule has 46 heavy (non-hydrogen) atoms. The number of hydrogen-bond donors (Lipinski definition) is 0. The molecule has 0 aliphatic carbocycles. The van der Waals surface area contributed by atoms with E-state index in [0.29, 0.717) is 51.9 Å². The monoisotopic (exact) mass is 625 g/mol. The normalized spacial score (nSPS) is 12.5. The number of imidazole rings is 1. The highest BCUT2D eigenvalue weighted by atomic mass is 19.1. The molecule has 0 bridgehead atoms. The molecule has 5 aromatic rings. The number of hydrogen-bond acceptors (Lipinski definition) is 7. The highest BCUT2D eigenvalue weighted by molar-refractivity contribution is 5.72. The minimum absolute atomic E-state index is 0.130. The molecule has 1 aliphatic heterocycles. The molecule has 0 amide bonds. The van der Waals surface area contributed by atoms with Gasteiger partial charge >= 0.3 is 0 Å². The lowest BCUT2D eigenvalue weighted by Crippen LogP contribution is -2.33. The predicted molar refractivity (Wildman–Crippen MR) is 177 cm³/mol. The van der Waals surface area contributed by atoms with Crippen LogP contribution < -0.4 is 19.8 Å². The van der Waals surface area contributed by atoms with E-state index in [-0.39, 0.29) is 24.7 Å². The van der Waals surface area contributed by atoms with Crippen LogP contribution in [0.2, 0.25) is 0 Å². The van der Waals surface area contributed by atoms with Crippen LogP contribution in [0, 0.1) is 12.7 Å². The van der Waals surface area contributed by atoms with Crippen LogP contribution >= 0.6 is 0 Å². The molecule has 0 saturated carbocycles. The van der Waals surface area contributed by atoms with Crippen molar-refractivity contribution in [3.8, 4) is 39.6 Å². The third-order valence-electron chi connectivity index (χ3n) is 8.80. The van der Waals surface area contributed by atoms with E-state index in [1.165, 1.54) is 6.07 Å². The van der Waals surface area contributed by atoms with E-state index in [1.807, 2.05) is 60.0 Å². The second-order valence-electron chi connectivity index (χ2n) is 11.5. The Morgan fingerprint density at radius 3 is 2.39 bits per heavy atom. The van der Waals surface area contributed by atoms with Gasteiger partial charge in [-0.1, -0.05) is 38.1 Å². The summed E-state index contributed by atoms with van der Waals surface area (Å²) in [6, 6.07) is 19.9. The summed E-state index contributed by atoms with van der Waals surface area (Å²) >= 11 is 0. The first kappa shape index (κ1) is 31.3. The van der Waals surface area contributed by atoms with Crippen molar-refractivity contribution in [3.63, 3.8) is 0 Å². The fourth-order valence-corrected chi connectivity index (χ4v) is 6.07. The van der Waals surface area contributed by atoms with Crippen LogP contribution in [0.1, 0.15) is 30.8 Å². The first-order valence-corrected chi connectivity index (χ1v) is 15.7. The van der Waals surface area contributed by atoms with Gasteiger partial charge in [0.1, 0.15) is 11.6 Å². The van der Waals surface area contributed by atoms with E-state index < -0.39 is 0 Å². The van der Waals surface area contributed by atoms with E-state index in [1.54, 1.807) is 23.6 Å². The quantitative estimate of drug-likeness (QED) is 0.173. The third kappa shape index (κ3) is 5.98. The number of likely N-dealkylation sites (N-methyl/N-ethyl adjacent to an activating group) is 2. The van der Waals surface area contributed by atoms with Crippen molar-refractivity contribution in [1.82, 2.24) is 23.8 Å². The number of nitrogens with zero attached hydrogens (tertiary/aromatic N) is 5. The number of benzene rings is 3. The minimum Gasteiger partial charge on any atom is -0.497 e. The van der Waals surface area contributed by atoms with Crippen molar-refractivity contribution in [3.05, 3.63) is 99.9 Å². The Bertz CT molecular complexity index is 1910. The molecule has 0 unspecified atom stereocenters. The average Bonchev–Trinajstić information content (AvgIpc) is 3.69. The van der Waals surface area contributed by atoms with Gasteiger partial charge in [-0.05, 0) is 75.1 Å². The number of halogens is 1. The van der Waals surface area contributed by atoms with Gasteiger partial charge in [0.25, 0.3) is 5.56 Å². The number of fused-ring (bicyclic) bond motifs is 2. The molecule has 3 heterocycles. The van der Waals surface area contributed by atoms with Gasteiger partial charge in [-0.25, -0.2) is 13.8 Å². The molecule has 1 aliphatic rings.